The normalized spacial score (nSPS) is 12.1. The van der Waals surface area contributed by atoms with Gasteiger partial charge in [-0.3, -0.25) is 0 Å². The molecule has 0 aliphatic rings. The Labute approximate surface area is 125 Å². The SMILES string of the molecule is CC(C)COCCNS(=O)(=O)c1cc(CO)ccc1Cl. The van der Waals surface area contributed by atoms with Crippen LogP contribution in [0.5, 0.6) is 0 Å². The molecule has 0 aliphatic heterocycles. The summed E-state index contributed by atoms with van der Waals surface area (Å²) in [4.78, 5) is -0.0328. The van der Waals surface area contributed by atoms with Crippen molar-refractivity contribution in [3.05, 3.63) is 28.8 Å². The van der Waals surface area contributed by atoms with Gasteiger partial charge < -0.3 is 9.84 Å². The molecular weight excluding hydrogens is 302 g/mol. The molecule has 5 nitrogen and oxygen atoms in total. The summed E-state index contributed by atoms with van der Waals surface area (Å²) >= 11 is 5.89. The maximum absolute atomic E-state index is 12.1. The van der Waals surface area contributed by atoms with Gasteiger partial charge in [0.25, 0.3) is 0 Å². The molecule has 0 heterocycles. The maximum Gasteiger partial charge on any atom is 0.242 e. The van der Waals surface area contributed by atoms with E-state index in [0.29, 0.717) is 24.7 Å². The molecule has 20 heavy (non-hydrogen) atoms. The van der Waals surface area contributed by atoms with E-state index in [0.717, 1.165) is 0 Å². The van der Waals surface area contributed by atoms with Gasteiger partial charge in [0.1, 0.15) is 4.90 Å². The first-order chi connectivity index (χ1) is 9.36. The molecule has 0 aromatic heterocycles. The summed E-state index contributed by atoms with van der Waals surface area (Å²) in [5, 5.41) is 9.16. The number of hydrogen-bond acceptors (Lipinski definition) is 4. The minimum Gasteiger partial charge on any atom is -0.392 e. The van der Waals surface area contributed by atoms with Gasteiger partial charge in [0.2, 0.25) is 10.0 Å². The van der Waals surface area contributed by atoms with E-state index >= 15 is 0 Å². The van der Waals surface area contributed by atoms with Crippen molar-refractivity contribution in [3.63, 3.8) is 0 Å². The van der Waals surface area contributed by atoms with Gasteiger partial charge in [-0.25, -0.2) is 13.1 Å². The molecular formula is C13H20ClNO4S. The standard InChI is InChI=1S/C13H20ClNO4S/c1-10(2)9-19-6-5-15-20(17,18)13-7-11(8-16)3-4-12(13)14/h3-4,7,10,15-16H,5-6,8-9H2,1-2H3. The second kappa shape index (κ2) is 7.95. The Morgan fingerprint density at radius 3 is 2.70 bits per heavy atom. The molecule has 2 N–H and O–H groups in total. The molecule has 114 valence electrons. The number of sulfonamides is 1. The Balaban J connectivity index is 2.64. The van der Waals surface area contributed by atoms with E-state index in [1.165, 1.54) is 12.1 Å². The highest BCUT2D eigenvalue weighted by Crippen LogP contribution is 2.22. The highest BCUT2D eigenvalue weighted by Gasteiger charge is 2.17. The van der Waals surface area contributed by atoms with E-state index < -0.39 is 10.0 Å². The van der Waals surface area contributed by atoms with Gasteiger partial charge in [-0.2, -0.15) is 0 Å². The van der Waals surface area contributed by atoms with Gasteiger partial charge in [-0.15, -0.1) is 0 Å². The van der Waals surface area contributed by atoms with Crippen LogP contribution in [0.15, 0.2) is 23.1 Å². The maximum atomic E-state index is 12.1. The van der Waals surface area contributed by atoms with Crippen molar-refractivity contribution in [1.29, 1.82) is 0 Å². The molecule has 1 aromatic rings. The van der Waals surface area contributed by atoms with Crippen LogP contribution in [0, 0.1) is 5.92 Å². The number of nitrogens with one attached hydrogen (secondary N) is 1. The highest BCUT2D eigenvalue weighted by atomic mass is 35.5. The average molecular weight is 322 g/mol. The Hall–Kier alpha value is -0.660. The average Bonchev–Trinajstić information content (AvgIpc) is 2.38. The molecule has 0 fully saturated rings. The third kappa shape index (κ3) is 5.38. The number of aliphatic hydroxyl groups is 1. The topological polar surface area (TPSA) is 75.6 Å². The number of halogens is 1. The Bertz CT molecular complexity index is 531. The minimum atomic E-state index is -3.70. The van der Waals surface area contributed by atoms with Gasteiger partial charge in [0.15, 0.2) is 0 Å². The number of rotatable bonds is 8. The van der Waals surface area contributed by atoms with E-state index in [4.69, 9.17) is 21.4 Å². The summed E-state index contributed by atoms with van der Waals surface area (Å²) < 4.78 is 31.9. The molecule has 1 rings (SSSR count). The summed E-state index contributed by atoms with van der Waals surface area (Å²) in [6.45, 7) is 4.86. The fourth-order valence-electron chi connectivity index (χ4n) is 1.50. The molecule has 0 saturated carbocycles. The molecule has 0 bridgehead atoms. The van der Waals surface area contributed by atoms with E-state index in [2.05, 4.69) is 4.72 Å². The van der Waals surface area contributed by atoms with Crippen molar-refractivity contribution < 1.29 is 18.3 Å². The van der Waals surface area contributed by atoms with E-state index in [1.54, 1.807) is 6.07 Å². The molecule has 0 radical (unpaired) electrons. The first-order valence-corrected chi connectivity index (χ1v) is 8.19. The number of ether oxygens (including phenoxy) is 1. The van der Waals surface area contributed by atoms with Crippen LogP contribution in [0.4, 0.5) is 0 Å². The highest BCUT2D eigenvalue weighted by molar-refractivity contribution is 7.89. The van der Waals surface area contributed by atoms with Crippen molar-refractivity contribution in [2.24, 2.45) is 5.92 Å². The summed E-state index contributed by atoms with van der Waals surface area (Å²) in [7, 11) is -3.70. The minimum absolute atomic E-state index is 0.0328. The molecule has 0 aliphatic carbocycles. The van der Waals surface area contributed by atoms with Gasteiger partial charge in [0, 0.05) is 13.2 Å². The van der Waals surface area contributed by atoms with E-state index in [-0.39, 0.29) is 23.1 Å². The van der Waals surface area contributed by atoms with Gasteiger partial charge in [-0.05, 0) is 23.6 Å². The smallest absolute Gasteiger partial charge is 0.242 e. The van der Waals surface area contributed by atoms with Crippen LogP contribution in [0.3, 0.4) is 0 Å². The third-order valence-corrected chi connectivity index (χ3v) is 4.40. The number of benzene rings is 1. The molecule has 0 amide bonds. The summed E-state index contributed by atoms with van der Waals surface area (Å²) in [5.41, 5.74) is 0.492. The predicted octanol–water partition coefficient (Wildman–Crippen LogP) is 1.78. The fraction of sp³-hybridized carbons (Fsp3) is 0.538. The van der Waals surface area contributed by atoms with Crippen LogP contribution in [0.2, 0.25) is 5.02 Å². The lowest BCUT2D eigenvalue weighted by Crippen LogP contribution is -2.28. The van der Waals surface area contributed by atoms with Crippen molar-refractivity contribution in [2.75, 3.05) is 19.8 Å². The Morgan fingerprint density at radius 1 is 1.40 bits per heavy atom. The largest absolute Gasteiger partial charge is 0.392 e. The second-order valence-electron chi connectivity index (χ2n) is 4.79. The van der Waals surface area contributed by atoms with Crippen LogP contribution in [-0.2, 0) is 21.4 Å². The molecule has 1 aromatic carbocycles. The summed E-state index contributed by atoms with van der Waals surface area (Å²) in [6, 6.07) is 4.39. The number of hydrogen-bond donors (Lipinski definition) is 2. The Morgan fingerprint density at radius 2 is 2.10 bits per heavy atom. The quantitative estimate of drug-likeness (QED) is 0.716. The van der Waals surface area contributed by atoms with Crippen LogP contribution < -0.4 is 4.72 Å². The number of aliphatic hydroxyl groups excluding tert-OH is 1. The monoisotopic (exact) mass is 321 g/mol. The van der Waals surface area contributed by atoms with Crippen molar-refractivity contribution in [2.45, 2.75) is 25.3 Å². The van der Waals surface area contributed by atoms with Crippen LogP contribution in [0.25, 0.3) is 0 Å². The molecule has 0 unspecified atom stereocenters. The first kappa shape index (κ1) is 17.4. The fourth-order valence-corrected chi connectivity index (χ4v) is 3.06. The summed E-state index contributed by atoms with van der Waals surface area (Å²) in [5.74, 6) is 0.405. The lowest BCUT2D eigenvalue weighted by atomic mass is 10.2. The lowest BCUT2D eigenvalue weighted by molar-refractivity contribution is 0.114. The van der Waals surface area contributed by atoms with E-state index in [9.17, 15) is 8.42 Å². The van der Waals surface area contributed by atoms with E-state index in [1.807, 2.05) is 13.8 Å². The molecule has 0 saturated heterocycles. The molecule has 7 heteroatoms. The molecule has 0 spiro atoms. The zero-order chi connectivity index (χ0) is 15.2. The van der Waals surface area contributed by atoms with Crippen molar-refractivity contribution >= 4 is 21.6 Å². The van der Waals surface area contributed by atoms with Crippen LogP contribution >= 0.6 is 11.6 Å². The van der Waals surface area contributed by atoms with Crippen LogP contribution in [-0.4, -0.2) is 33.3 Å². The predicted molar refractivity (Wildman–Crippen MR) is 78.2 cm³/mol. The zero-order valence-corrected chi connectivity index (χ0v) is 13.2. The third-order valence-electron chi connectivity index (χ3n) is 2.46. The lowest BCUT2D eigenvalue weighted by Gasteiger charge is -2.10. The van der Waals surface area contributed by atoms with Crippen molar-refractivity contribution in [1.82, 2.24) is 4.72 Å². The Kier molecular flexibility index (Phi) is 6.91. The zero-order valence-electron chi connectivity index (χ0n) is 11.6. The van der Waals surface area contributed by atoms with Gasteiger partial charge >= 0.3 is 0 Å². The first-order valence-electron chi connectivity index (χ1n) is 6.33. The summed E-state index contributed by atoms with van der Waals surface area (Å²) in [6.07, 6.45) is 0. The van der Waals surface area contributed by atoms with Gasteiger partial charge in [-0.1, -0.05) is 31.5 Å². The van der Waals surface area contributed by atoms with Crippen molar-refractivity contribution in [3.8, 4) is 0 Å². The van der Waals surface area contributed by atoms with Gasteiger partial charge in [0.05, 0.1) is 18.2 Å². The molecule has 0 atom stereocenters. The second-order valence-corrected chi connectivity index (χ2v) is 6.93. The van der Waals surface area contributed by atoms with Crippen LogP contribution in [0.1, 0.15) is 19.4 Å².